The van der Waals surface area contributed by atoms with Gasteiger partial charge in [-0.25, -0.2) is 8.42 Å². The van der Waals surface area contributed by atoms with E-state index in [9.17, 15) is 13.2 Å². The van der Waals surface area contributed by atoms with E-state index in [1.54, 1.807) is 30.3 Å². The summed E-state index contributed by atoms with van der Waals surface area (Å²) in [6.45, 7) is 2.15. The van der Waals surface area contributed by atoms with Gasteiger partial charge in [-0.05, 0) is 42.7 Å². The molecule has 1 amide bonds. The van der Waals surface area contributed by atoms with E-state index < -0.39 is 9.84 Å². The van der Waals surface area contributed by atoms with E-state index in [0.717, 1.165) is 19.3 Å². The van der Waals surface area contributed by atoms with E-state index in [4.69, 9.17) is 0 Å². The topological polar surface area (TPSA) is 63.2 Å². The number of rotatable bonds is 8. The van der Waals surface area contributed by atoms with Crippen molar-refractivity contribution < 1.29 is 13.2 Å². The zero-order valence-electron chi connectivity index (χ0n) is 13.9. The molecule has 0 aliphatic rings. The third kappa shape index (κ3) is 5.49. The number of benzene rings is 2. The van der Waals surface area contributed by atoms with Crippen molar-refractivity contribution in [2.45, 2.75) is 37.5 Å². The van der Waals surface area contributed by atoms with Gasteiger partial charge in [0.25, 0.3) is 0 Å². The number of hydrogen-bond acceptors (Lipinski definition) is 3. The summed E-state index contributed by atoms with van der Waals surface area (Å²) >= 11 is 0. The number of amides is 1. The number of aryl methyl sites for hydroxylation is 1. The molecule has 4 nitrogen and oxygen atoms in total. The third-order valence-electron chi connectivity index (χ3n) is 3.76. The fraction of sp³-hybridized carbons (Fsp3) is 0.316. The van der Waals surface area contributed by atoms with Gasteiger partial charge in [0.2, 0.25) is 5.91 Å². The highest BCUT2D eigenvalue weighted by atomic mass is 32.2. The molecular formula is C19H23NO3S. The SMILES string of the molecule is CCCCc1ccc(NC(=O)CCS(=O)(=O)c2ccccc2)cc1. The third-order valence-corrected chi connectivity index (χ3v) is 5.49. The van der Waals surface area contributed by atoms with Crippen LogP contribution in [-0.2, 0) is 21.1 Å². The number of sulfone groups is 1. The lowest BCUT2D eigenvalue weighted by atomic mass is 10.1. The minimum absolute atomic E-state index is 0.0607. The van der Waals surface area contributed by atoms with Gasteiger partial charge < -0.3 is 5.32 Å². The Labute approximate surface area is 143 Å². The Kier molecular flexibility index (Phi) is 6.55. The summed E-state index contributed by atoms with van der Waals surface area (Å²) in [5.74, 6) is -0.493. The normalized spacial score (nSPS) is 11.2. The summed E-state index contributed by atoms with van der Waals surface area (Å²) in [4.78, 5) is 12.2. The van der Waals surface area contributed by atoms with Gasteiger partial charge in [0, 0.05) is 12.1 Å². The van der Waals surface area contributed by atoms with Crippen LogP contribution in [0.3, 0.4) is 0 Å². The summed E-state index contributed by atoms with van der Waals surface area (Å²) in [6.07, 6.45) is 3.26. The molecule has 2 rings (SSSR count). The summed E-state index contributed by atoms with van der Waals surface area (Å²) in [5, 5.41) is 2.75. The fourth-order valence-corrected chi connectivity index (χ4v) is 3.59. The van der Waals surface area contributed by atoms with Gasteiger partial charge in [-0.2, -0.15) is 0 Å². The van der Waals surface area contributed by atoms with E-state index in [-0.39, 0.29) is 23.0 Å². The summed E-state index contributed by atoms with van der Waals surface area (Å²) in [6, 6.07) is 15.9. The number of nitrogens with one attached hydrogen (secondary N) is 1. The molecule has 5 heteroatoms. The Bertz CT molecular complexity index is 753. The maximum Gasteiger partial charge on any atom is 0.225 e. The molecule has 128 valence electrons. The average Bonchev–Trinajstić information content (AvgIpc) is 2.60. The molecular weight excluding hydrogens is 322 g/mol. The lowest BCUT2D eigenvalue weighted by molar-refractivity contribution is -0.115. The Balaban J connectivity index is 1.87. The predicted molar refractivity (Wildman–Crippen MR) is 96.8 cm³/mol. The van der Waals surface area contributed by atoms with Gasteiger partial charge in [-0.3, -0.25) is 4.79 Å². The molecule has 0 aliphatic carbocycles. The first kappa shape index (κ1) is 18.2. The quantitative estimate of drug-likeness (QED) is 0.791. The maximum atomic E-state index is 12.2. The molecule has 0 aliphatic heterocycles. The van der Waals surface area contributed by atoms with E-state index in [1.807, 2.05) is 24.3 Å². The van der Waals surface area contributed by atoms with Crippen LogP contribution in [0.2, 0.25) is 0 Å². The molecule has 2 aromatic carbocycles. The largest absolute Gasteiger partial charge is 0.326 e. The highest BCUT2D eigenvalue weighted by Gasteiger charge is 2.16. The second-order valence-electron chi connectivity index (χ2n) is 5.73. The van der Waals surface area contributed by atoms with E-state index in [2.05, 4.69) is 12.2 Å². The molecule has 0 saturated heterocycles. The lowest BCUT2D eigenvalue weighted by Crippen LogP contribution is -2.17. The number of carbonyl (C=O) groups is 1. The van der Waals surface area contributed by atoms with Gasteiger partial charge >= 0.3 is 0 Å². The van der Waals surface area contributed by atoms with Crippen LogP contribution in [0.15, 0.2) is 59.5 Å². The van der Waals surface area contributed by atoms with Crippen LogP contribution in [0, 0.1) is 0 Å². The summed E-state index contributed by atoms with van der Waals surface area (Å²) in [5.41, 5.74) is 1.93. The molecule has 0 radical (unpaired) electrons. The summed E-state index contributed by atoms with van der Waals surface area (Å²) < 4.78 is 24.3. The van der Waals surface area contributed by atoms with Crippen molar-refractivity contribution in [3.05, 3.63) is 60.2 Å². The zero-order chi connectivity index (χ0) is 17.4. The number of carbonyl (C=O) groups excluding carboxylic acids is 1. The van der Waals surface area contributed by atoms with E-state index in [1.165, 1.54) is 5.56 Å². The lowest BCUT2D eigenvalue weighted by Gasteiger charge is -2.07. The van der Waals surface area contributed by atoms with Crippen LogP contribution in [0.5, 0.6) is 0 Å². The number of anilines is 1. The molecule has 1 N–H and O–H groups in total. The molecule has 0 fully saturated rings. The van der Waals surface area contributed by atoms with Gasteiger partial charge in [0.1, 0.15) is 0 Å². The Morgan fingerprint density at radius 1 is 1.00 bits per heavy atom. The molecule has 0 aromatic heterocycles. The van der Waals surface area contributed by atoms with Crippen LogP contribution in [0.25, 0.3) is 0 Å². The van der Waals surface area contributed by atoms with Crippen LogP contribution < -0.4 is 5.32 Å². The van der Waals surface area contributed by atoms with Gasteiger partial charge in [-0.15, -0.1) is 0 Å². The van der Waals surface area contributed by atoms with Crippen molar-refractivity contribution in [2.75, 3.05) is 11.1 Å². The van der Waals surface area contributed by atoms with Crippen LogP contribution in [0.4, 0.5) is 5.69 Å². The molecule has 0 saturated carbocycles. The number of unbranched alkanes of at least 4 members (excludes halogenated alkanes) is 1. The van der Waals surface area contributed by atoms with Gasteiger partial charge in [0.15, 0.2) is 9.84 Å². The van der Waals surface area contributed by atoms with Crippen LogP contribution in [-0.4, -0.2) is 20.1 Å². The highest BCUT2D eigenvalue weighted by Crippen LogP contribution is 2.14. The Morgan fingerprint density at radius 2 is 1.67 bits per heavy atom. The standard InChI is InChI=1S/C19H23NO3S/c1-2-3-7-16-10-12-17(13-11-16)20-19(21)14-15-24(22,23)18-8-5-4-6-9-18/h4-6,8-13H,2-3,7,14-15H2,1H3,(H,20,21). The van der Waals surface area contributed by atoms with E-state index in [0.29, 0.717) is 5.69 Å². The Hall–Kier alpha value is -2.14. The van der Waals surface area contributed by atoms with Crippen molar-refractivity contribution in [2.24, 2.45) is 0 Å². The van der Waals surface area contributed by atoms with E-state index >= 15 is 0 Å². The highest BCUT2D eigenvalue weighted by molar-refractivity contribution is 7.91. The molecule has 0 atom stereocenters. The van der Waals surface area contributed by atoms with Crippen molar-refractivity contribution in [3.63, 3.8) is 0 Å². The van der Waals surface area contributed by atoms with Crippen LogP contribution in [0.1, 0.15) is 31.7 Å². The molecule has 0 bridgehead atoms. The van der Waals surface area contributed by atoms with Crippen molar-refractivity contribution in [3.8, 4) is 0 Å². The monoisotopic (exact) mass is 345 g/mol. The second kappa shape index (κ2) is 8.64. The van der Waals surface area contributed by atoms with Crippen molar-refractivity contribution in [1.82, 2.24) is 0 Å². The molecule has 0 heterocycles. The van der Waals surface area contributed by atoms with Gasteiger partial charge in [-0.1, -0.05) is 43.7 Å². The predicted octanol–water partition coefficient (Wildman–Crippen LogP) is 3.83. The number of hydrogen-bond donors (Lipinski definition) is 1. The zero-order valence-corrected chi connectivity index (χ0v) is 14.7. The maximum absolute atomic E-state index is 12.2. The minimum Gasteiger partial charge on any atom is -0.326 e. The van der Waals surface area contributed by atoms with Crippen LogP contribution >= 0.6 is 0 Å². The summed E-state index contributed by atoms with van der Waals surface area (Å²) in [7, 11) is -3.43. The Morgan fingerprint density at radius 3 is 2.29 bits per heavy atom. The van der Waals surface area contributed by atoms with Crippen molar-refractivity contribution >= 4 is 21.4 Å². The first-order chi connectivity index (χ1) is 11.5. The fourth-order valence-electron chi connectivity index (χ4n) is 2.33. The van der Waals surface area contributed by atoms with Crippen molar-refractivity contribution in [1.29, 1.82) is 0 Å². The molecule has 2 aromatic rings. The first-order valence-electron chi connectivity index (χ1n) is 8.18. The molecule has 24 heavy (non-hydrogen) atoms. The van der Waals surface area contributed by atoms with Gasteiger partial charge in [0.05, 0.1) is 10.6 Å². The average molecular weight is 345 g/mol. The molecule has 0 spiro atoms. The second-order valence-corrected chi connectivity index (χ2v) is 7.84. The smallest absolute Gasteiger partial charge is 0.225 e. The first-order valence-corrected chi connectivity index (χ1v) is 9.83. The minimum atomic E-state index is -3.43. The molecule has 0 unspecified atom stereocenters.